The fourth-order valence-corrected chi connectivity index (χ4v) is 6.66. The van der Waals surface area contributed by atoms with Crippen LogP contribution in [-0.2, 0) is 28.6 Å². The van der Waals surface area contributed by atoms with Crippen LogP contribution in [0.3, 0.4) is 0 Å². The minimum Gasteiger partial charge on any atom is -0.462 e. The van der Waals surface area contributed by atoms with Gasteiger partial charge in [-0.3, -0.25) is 14.4 Å². The van der Waals surface area contributed by atoms with Gasteiger partial charge in [0.15, 0.2) is 6.10 Å². The van der Waals surface area contributed by atoms with E-state index in [4.69, 9.17) is 14.2 Å². The van der Waals surface area contributed by atoms with Crippen molar-refractivity contribution in [1.82, 2.24) is 0 Å². The zero-order chi connectivity index (χ0) is 44.4. The van der Waals surface area contributed by atoms with E-state index in [2.05, 4.69) is 99.8 Å². The first kappa shape index (κ1) is 57.6. The summed E-state index contributed by atoms with van der Waals surface area (Å²) in [6, 6.07) is 0. The third kappa shape index (κ3) is 47.5. The number of carbonyl (C=O) groups is 3. The quantitative estimate of drug-likeness (QED) is 0.0200. The predicted molar refractivity (Wildman–Crippen MR) is 261 cm³/mol. The van der Waals surface area contributed by atoms with Crippen molar-refractivity contribution < 1.29 is 28.6 Å². The highest BCUT2D eigenvalue weighted by molar-refractivity contribution is 5.71. The first-order valence-corrected chi connectivity index (χ1v) is 25.1. The molecule has 0 saturated heterocycles. The zero-order valence-corrected chi connectivity index (χ0v) is 39.7. The maximum absolute atomic E-state index is 12.8. The second-order valence-corrected chi connectivity index (χ2v) is 16.4. The minimum atomic E-state index is -0.810. The van der Waals surface area contributed by atoms with Gasteiger partial charge in [0.2, 0.25) is 0 Å². The van der Waals surface area contributed by atoms with Gasteiger partial charge in [0.05, 0.1) is 0 Å². The number of esters is 3. The second kappa shape index (κ2) is 49.2. The Kier molecular flexibility index (Phi) is 46.5. The van der Waals surface area contributed by atoms with Gasteiger partial charge in [-0.2, -0.15) is 0 Å². The molecule has 1 atom stereocenters. The molecule has 0 saturated carbocycles. The molecule has 0 N–H and O–H groups in total. The Hall–Kier alpha value is -3.41. The van der Waals surface area contributed by atoms with E-state index in [9.17, 15) is 14.4 Å². The molecule has 0 radical (unpaired) electrons. The van der Waals surface area contributed by atoms with E-state index in [1.54, 1.807) is 0 Å². The molecule has 0 aliphatic carbocycles. The highest BCUT2D eigenvalue weighted by Crippen LogP contribution is 2.13. The Labute approximate surface area is 375 Å². The summed E-state index contributed by atoms with van der Waals surface area (Å²) in [4.78, 5) is 37.9. The van der Waals surface area contributed by atoms with Gasteiger partial charge in [-0.15, -0.1) is 0 Å². The van der Waals surface area contributed by atoms with E-state index in [0.717, 1.165) is 77.0 Å². The van der Waals surface area contributed by atoms with E-state index < -0.39 is 6.10 Å². The van der Waals surface area contributed by atoms with Crippen LogP contribution in [0.25, 0.3) is 0 Å². The maximum atomic E-state index is 12.8. The van der Waals surface area contributed by atoms with Gasteiger partial charge in [-0.1, -0.05) is 209 Å². The van der Waals surface area contributed by atoms with E-state index in [1.165, 1.54) is 103 Å². The molecule has 1 unspecified atom stereocenters. The third-order valence-electron chi connectivity index (χ3n) is 10.5. The van der Waals surface area contributed by atoms with Crippen LogP contribution >= 0.6 is 0 Å². The number of hydrogen-bond acceptors (Lipinski definition) is 6. The number of allylic oxidation sites excluding steroid dienone is 14. The van der Waals surface area contributed by atoms with Crippen molar-refractivity contribution in [2.24, 2.45) is 0 Å². The molecule has 61 heavy (non-hydrogen) atoms. The summed E-state index contributed by atoms with van der Waals surface area (Å²) >= 11 is 0. The lowest BCUT2D eigenvalue weighted by molar-refractivity contribution is -0.166. The van der Waals surface area contributed by atoms with Crippen molar-refractivity contribution in [2.45, 2.75) is 232 Å². The number of ether oxygens (including phenoxy) is 3. The normalized spacial score (nSPS) is 12.8. The fraction of sp³-hybridized carbons (Fsp3) is 0.691. The monoisotopic (exact) mass is 849 g/mol. The molecule has 6 heteroatoms. The van der Waals surface area contributed by atoms with Gasteiger partial charge >= 0.3 is 17.9 Å². The van der Waals surface area contributed by atoms with E-state index in [1.807, 2.05) is 6.08 Å². The summed E-state index contributed by atoms with van der Waals surface area (Å²) in [6.07, 6.45) is 62.9. The molecule has 0 fully saturated rings. The molecule has 0 heterocycles. The smallest absolute Gasteiger partial charge is 0.306 e. The highest BCUT2D eigenvalue weighted by Gasteiger charge is 2.19. The van der Waals surface area contributed by atoms with Crippen molar-refractivity contribution in [3.8, 4) is 0 Å². The topological polar surface area (TPSA) is 78.9 Å². The molecule has 6 nitrogen and oxygen atoms in total. The van der Waals surface area contributed by atoms with Gasteiger partial charge in [-0.25, -0.2) is 0 Å². The average Bonchev–Trinajstić information content (AvgIpc) is 3.26. The first-order chi connectivity index (χ1) is 30.0. The summed E-state index contributed by atoms with van der Waals surface area (Å²) < 4.78 is 16.7. The fourth-order valence-electron chi connectivity index (χ4n) is 6.66. The Morgan fingerprint density at radius 2 is 0.738 bits per heavy atom. The van der Waals surface area contributed by atoms with Gasteiger partial charge in [-0.05, 0) is 83.5 Å². The Morgan fingerprint density at radius 3 is 1.26 bits per heavy atom. The molecule has 348 valence electrons. The first-order valence-electron chi connectivity index (χ1n) is 25.1. The minimum absolute atomic E-state index is 0.106. The Balaban J connectivity index is 4.49. The lowest BCUT2D eigenvalue weighted by Gasteiger charge is -2.18. The van der Waals surface area contributed by atoms with Crippen LogP contribution in [0.1, 0.15) is 226 Å². The highest BCUT2D eigenvalue weighted by atomic mass is 16.6. The Morgan fingerprint density at radius 1 is 0.361 bits per heavy atom. The molecule has 0 aromatic carbocycles. The van der Waals surface area contributed by atoms with Crippen LogP contribution in [0.5, 0.6) is 0 Å². The predicted octanol–water partition coefficient (Wildman–Crippen LogP) is 16.4. The molecular weight excluding hydrogens is 757 g/mol. The van der Waals surface area contributed by atoms with Crippen LogP contribution in [0.2, 0.25) is 0 Å². The van der Waals surface area contributed by atoms with Crippen LogP contribution in [0.4, 0.5) is 0 Å². The number of hydrogen-bond donors (Lipinski definition) is 0. The second-order valence-electron chi connectivity index (χ2n) is 16.4. The van der Waals surface area contributed by atoms with E-state index in [0.29, 0.717) is 19.3 Å². The molecule has 0 aliphatic rings. The largest absolute Gasteiger partial charge is 0.462 e. The van der Waals surface area contributed by atoms with Gasteiger partial charge in [0.25, 0.3) is 0 Å². The molecule has 0 amide bonds. The van der Waals surface area contributed by atoms with Crippen LogP contribution in [0, 0.1) is 0 Å². The van der Waals surface area contributed by atoms with Crippen molar-refractivity contribution in [3.63, 3.8) is 0 Å². The number of rotatable bonds is 44. The lowest BCUT2D eigenvalue weighted by Crippen LogP contribution is -2.30. The molecule has 0 bridgehead atoms. The van der Waals surface area contributed by atoms with Crippen LogP contribution < -0.4 is 0 Å². The molecule has 0 rings (SSSR count). The summed E-state index contributed by atoms with van der Waals surface area (Å²) in [7, 11) is 0. The van der Waals surface area contributed by atoms with Crippen molar-refractivity contribution in [2.75, 3.05) is 13.2 Å². The van der Waals surface area contributed by atoms with Crippen molar-refractivity contribution in [1.29, 1.82) is 0 Å². The molecule has 0 aliphatic heterocycles. The standard InChI is InChI=1S/C55H92O6/c1-4-7-10-13-16-19-22-25-27-30-33-36-39-42-45-48-54(57)60-51-52(50-59-53(56)47-44-41-38-35-32-29-24-21-18-15-12-9-6-3)61-55(58)49-46-43-40-37-34-31-28-26-23-20-17-14-11-8-5-2/h7,10,13,16-17,19-20,22-23,26,29,32,38,41,52H,4-6,8-9,11-12,14-15,18,21,24-25,27-28,30-31,33-37,39-40,42-51H2,1-3H3/b10-7+,16-13+,20-17+,22-19+,26-23+,32-29+,41-38+. The SMILES string of the molecule is CC/C=C/C=C/C=C/CCCCCCCCCC(=O)OCC(COC(=O)CC/C=C/C/C=C/CCCCCCCC)OC(=O)CCCCCCCC/C=C/C=C/CCCCC. The zero-order valence-electron chi connectivity index (χ0n) is 39.7. The number of unbranched alkanes of at least 4 members (excludes halogenated alkanes) is 22. The van der Waals surface area contributed by atoms with Crippen molar-refractivity contribution in [3.05, 3.63) is 85.1 Å². The average molecular weight is 849 g/mol. The molecular formula is C55H92O6. The van der Waals surface area contributed by atoms with Gasteiger partial charge < -0.3 is 14.2 Å². The molecule has 0 spiro atoms. The maximum Gasteiger partial charge on any atom is 0.306 e. The van der Waals surface area contributed by atoms with Crippen LogP contribution in [-0.4, -0.2) is 37.2 Å². The van der Waals surface area contributed by atoms with E-state index in [-0.39, 0.29) is 37.5 Å². The molecule has 0 aromatic rings. The Bertz CT molecular complexity index is 1200. The lowest BCUT2D eigenvalue weighted by atomic mass is 10.1. The number of carbonyl (C=O) groups excluding carboxylic acids is 3. The van der Waals surface area contributed by atoms with Crippen LogP contribution in [0.15, 0.2) is 85.1 Å². The summed E-state index contributed by atoms with van der Waals surface area (Å²) in [5, 5.41) is 0. The van der Waals surface area contributed by atoms with Gasteiger partial charge in [0, 0.05) is 19.3 Å². The molecule has 0 aromatic heterocycles. The summed E-state index contributed by atoms with van der Waals surface area (Å²) in [5.74, 6) is -1.00. The summed E-state index contributed by atoms with van der Waals surface area (Å²) in [5.41, 5.74) is 0. The van der Waals surface area contributed by atoms with Crippen molar-refractivity contribution >= 4 is 17.9 Å². The van der Waals surface area contributed by atoms with Gasteiger partial charge in [0.1, 0.15) is 13.2 Å². The third-order valence-corrected chi connectivity index (χ3v) is 10.5. The summed E-state index contributed by atoms with van der Waals surface area (Å²) in [6.45, 7) is 6.39. The van der Waals surface area contributed by atoms with E-state index >= 15 is 0 Å².